The Morgan fingerprint density at radius 3 is 2.59 bits per heavy atom. The fraction of sp³-hybridized carbons (Fsp3) is 0.524. The molecule has 29 heavy (non-hydrogen) atoms. The lowest BCUT2D eigenvalue weighted by atomic mass is 9.75. The second kappa shape index (κ2) is 6.74. The molecule has 152 valence electrons. The maximum Gasteiger partial charge on any atom is 0.262 e. The first-order valence-electron chi connectivity index (χ1n) is 10.3. The maximum absolute atomic E-state index is 12.9. The molecule has 2 saturated heterocycles. The molecule has 5 rings (SSSR count). The smallest absolute Gasteiger partial charge is 0.262 e. The highest BCUT2D eigenvalue weighted by Gasteiger charge is 2.45. The second-order valence-corrected chi connectivity index (χ2v) is 8.62. The molecule has 0 bridgehead atoms. The van der Waals surface area contributed by atoms with Gasteiger partial charge in [0.05, 0.1) is 11.1 Å². The molecule has 2 atom stereocenters. The standard InChI is InChI=1S/C21H24N4O4/c26-17-5-4-16(18(27)24-17)25-19(28)14-3-2-12(8-15(14)20(25)29)10-22-13-9-21(23-11-13)6-1-7-21/h2-3,8,13,16,22-23H,1,4-7,9-11H2,(H,24,26,27). The summed E-state index contributed by atoms with van der Waals surface area (Å²) >= 11 is 0. The van der Waals surface area contributed by atoms with E-state index in [4.69, 9.17) is 0 Å². The number of fused-ring (bicyclic) bond motifs is 1. The lowest BCUT2D eigenvalue weighted by molar-refractivity contribution is -0.136. The quantitative estimate of drug-likeness (QED) is 0.639. The van der Waals surface area contributed by atoms with E-state index in [0.717, 1.165) is 23.4 Å². The Labute approximate surface area is 168 Å². The van der Waals surface area contributed by atoms with E-state index in [1.807, 2.05) is 6.07 Å². The van der Waals surface area contributed by atoms with Crippen LogP contribution in [-0.4, -0.2) is 52.7 Å². The van der Waals surface area contributed by atoms with Crippen LogP contribution in [0.1, 0.15) is 64.8 Å². The first kappa shape index (κ1) is 18.4. The van der Waals surface area contributed by atoms with Crippen LogP contribution >= 0.6 is 0 Å². The second-order valence-electron chi connectivity index (χ2n) is 8.62. The van der Waals surface area contributed by atoms with Gasteiger partial charge in [-0.1, -0.05) is 6.07 Å². The van der Waals surface area contributed by atoms with Gasteiger partial charge >= 0.3 is 0 Å². The molecule has 1 aliphatic carbocycles. The first-order valence-corrected chi connectivity index (χ1v) is 10.3. The highest BCUT2D eigenvalue weighted by atomic mass is 16.2. The van der Waals surface area contributed by atoms with E-state index in [9.17, 15) is 19.2 Å². The zero-order chi connectivity index (χ0) is 20.2. The van der Waals surface area contributed by atoms with E-state index in [-0.39, 0.29) is 18.7 Å². The van der Waals surface area contributed by atoms with Crippen molar-refractivity contribution in [2.24, 2.45) is 0 Å². The van der Waals surface area contributed by atoms with Crippen molar-refractivity contribution >= 4 is 23.6 Å². The summed E-state index contributed by atoms with van der Waals surface area (Å²) in [5.74, 6) is -1.89. The monoisotopic (exact) mass is 396 g/mol. The number of rotatable bonds is 4. The van der Waals surface area contributed by atoms with Crippen molar-refractivity contribution in [3.63, 3.8) is 0 Å². The van der Waals surface area contributed by atoms with E-state index in [2.05, 4.69) is 16.0 Å². The first-order chi connectivity index (χ1) is 14.0. The number of nitrogens with zero attached hydrogens (tertiary/aromatic N) is 1. The number of amides is 4. The predicted molar refractivity (Wildman–Crippen MR) is 103 cm³/mol. The Morgan fingerprint density at radius 1 is 1.10 bits per heavy atom. The molecule has 2 unspecified atom stereocenters. The maximum atomic E-state index is 12.9. The fourth-order valence-electron chi connectivity index (χ4n) is 4.97. The van der Waals surface area contributed by atoms with Gasteiger partial charge in [0, 0.05) is 31.1 Å². The zero-order valence-electron chi connectivity index (χ0n) is 16.1. The molecule has 1 saturated carbocycles. The number of benzene rings is 1. The summed E-state index contributed by atoms with van der Waals surface area (Å²) in [5, 5.41) is 9.39. The van der Waals surface area contributed by atoms with Crippen LogP contribution in [-0.2, 0) is 16.1 Å². The highest BCUT2D eigenvalue weighted by molar-refractivity contribution is 6.23. The van der Waals surface area contributed by atoms with Crippen LogP contribution < -0.4 is 16.0 Å². The molecule has 4 aliphatic rings. The van der Waals surface area contributed by atoms with Crippen molar-refractivity contribution in [3.05, 3.63) is 34.9 Å². The van der Waals surface area contributed by atoms with Crippen molar-refractivity contribution in [1.29, 1.82) is 0 Å². The predicted octanol–water partition coefficient (Wildman–Crippen LogP) is 0.462. The largest absolute Gasteiger partial charge is 0.310 e. The number of nitrogens with one attached hydrogen (secondary N) is 3. The third-order valence-electron chi connectivity index (χ3n) is 6.77. The number of hydrogen-bond acceptors (Lipinski definition) is 6. The van der Waals surface area contributed by atoms with Gasteiger partial charge in [0.1, 0.15) is 6.04 Å². The third kappa shape index (κ3) is 3.07. The van der Waals surface area contributed by atoms with E-state index < -0.39 is 23.8 Å². The molecule has 8 nitrogen and oxygen atoms in total. The van der Waals surface area contributed by atoms with Crippen LogP contribution in [0.2, 0.25) is 0 Å². The number of imide groups is 2. The number of hydrogen-bond donors (Lipinski definition) is 3. The van der Waals surface area contributed by atoms with Crippen molar-refractivity contribution in [1.82, 2.24) is 20.9 Å². The van der Waals surface area contributed by atoms with Gasteiger partial charge in [-0.2, -0.15) is 0 Å². The van der Waals surface area contributed by atoms with Gasteiger partial charge in [-0.15, -0.1) is 0 Å². The third-order valence-corrected chi connectivity index (χ3v) is 6.77. The van der Waals surface area contributed by atoms with Gasteiger partial charge in [-0.05, 0) is 49.8 Å². The Hall–Kier alpha value is -2.58. The molecule has 1 aromatic rings. The Kier molecular flexibility index (Phi) is 4.29. The van der Waals surface area contributed by atoms with Gasteiger partial charge in [0.25, 0.3) is 11.8 Å². The van der Waals surface area contributed by atoms with Crippen LogP contribution in [0, 0.1) is 0 Å². The summed E-state index contributed by atoms with van der Waals surface area (Å²) in [6, 6.07) is 4.74. The van der Waals surface area contributed by atoms with Gasteiger partial charge in [-0.3, -0.25) is 29.4 Å². The summed E-state index contributed by atoms with van der Waals surface area (Å²) in [4.78, 5) is 50.1. The van der Waals surface area contributed by atoms with Crippen LogP contribution in [0.15, 0.2) is 18.2 Å². The molecule has 3 fully saturated rings. The van der Waals surface area contributed by atoms with Crippen LogP contribution in [0.3, 0.4) is 0 Å². The fourth-order valence-corrected chi connectivity index (χ4v) is 4.97. The summed E-state index contributed by atoms with van der Waals surface area (Å²) in [5.41, 5.74) is 1.92. The van der Waals surface area contributed by atoms with Crippen LogP contribution in [0.25, 0.3) is 0 Å². The number of carbonyl (C=O) groups is 4. The van der Waals surface area contributed by atoms with Crippen molar-refractivity contribution in [3.8, 4) is 0 Å². The SMILES string of the molecule is O=C1CCC(N2C(=O)c3ccc(CNC4CNC5(CCC5)C4)cc3C2=O)C(=O)N1. The zero-order valence-corrected chi connectivity index (χ0v) is 16.1. The Bertz CT molecular complexity index is 923. The minimum atomic E-state index is -0.926. The molecular formula is C21H24N4O4. The van der Waals surface area contributed by atoms with E-state index in [1.54, 1.807) is 12.1 Å². The average Bonchev–Trinajstić information content (AvgIpc) is 3.22. The van der Waals surface area contributed by atoms with Crippen LogP contribution in [0.5, 0.6) is 0 Å². The van der Waals surface area contributed by atoms with Gasteiger partial charge in [0.2, 0.25) is 11.8 Å². The lowest BCUT2D eigenvalue weighted by Gasteiger charge is -2.38. The molecule has 3 aliphatic heterocycles. The normalized spacial score (nSPS) is 27.9. The van der Waals surface area contributed by atoms with Crippen molar-refractivity contribution in [2.45, 2.75) is 62.7 Å². The number of piperidine rings is 1. The van der Waals surface area contributed by atoms with Crippen molar-refractivity contribution in [2.75, 3.05) is 6.54 Å². The van der Waals surface area contributed by atoms with Gasteiger partial charge in [-0.25, -0.2) is 0 Å². The molecule has 0 aromatic heterocycles. The molecule has 1 aromatic carbocycles. The molecule has 3 heterocycles. The van der Waals surface area contributed by atoms with Gasteiger partial charge in [0.15, 0.2) is 0 Å². The molecule has 4 amide bonds. The van der Waals surface area contributed by atoms with E-state index >= 15 is 0 Å². The summed E-state index contributed by atoms with van der Waals surface area (Å²) < 4.78 is 0. The molecular weight excluding hydrogens is 372 g/mol. The molecule has 8 heteroatoms. The molecule has 1 spiro atoms. The van der Waals surface area contributed by atoms with Gasteiger partial charge < -0.3 is 10.6 Å². The minimum absolute atomic E-state index is 0.121. The summed E-state index contributed by atoms with van der Waals surface area (Å²) in [6.45, 7) is 1.57. The molecule has 0 radical (unpaired) electrons. The minimum Gasteiger partial charge on any atom is -0.310 e. The molecule has 3 N–H and O–H groups in total. The van der Waals surface area contributed by atoms with Crippen LogP contribution in [0.4, 0.5) is 0 Å². The summed E-state index contributed by atoms with van der Waals surface area (Å²) in [6.07, 6.45) is 5.20. The van der Waals surface area contributed by atoms with E-state index in [0.29, 0.717) is 29.3 Å². The van der Waals surface area contributed by atoms with E-state index in [1.165, 1.54) is 19.3 Å². The topological polar surface area (TPSA) is 108 Å². The van der Waals surface area contributed by atoms with Crippen molar-refractivity contribution < 1.29 is 19.2 Å². The summed E-state index contributed by atoms with van der Waals surface area (Å²) in [7, 11) is 0. The Balaban J connectivity index is 1.28. The highest BCUT2D eigenvalue weighted by Crippen LogP contribution is 2.39. The lowest BCUT2D eigenvalue weighted by Crippen LogP contribution is -2.54. The average molecular weight is 396 g/mol. The Morgan fingerprint density at radius 2 is 1.90 bits per heavy atom. The number of carbonyl (C=O) groups excluding carboxylic acids is 4.